The van der Waals surface area contributed by atoms with Crippen LogP contribution < -0.4 is 0 Å². The number of aliphatic hydroxyl groups is 1. The molecule has 2 unspecified atom stereocenters. The fraction of sp³-hybridized carbons (Fsp3) is 0.438. The molecule has 0 amide bonds. The largest absolute Gasteiger partial charge is 0.387 e. The van der Waals surface area contributed by atoms with E-state index < -0.39 is 6.10 Å². The molecule has 20 heavy (non-hydrogen) atoms. The number of rotatable bonds is 2. The maximum absolute atomic E-state index is 10.7. The van der Waals surface area contributed by atoms with Crippen molar-refractivity contribution in [3.05, 3.63) is 42.1 Å². The Labute approximate surface area is 118 Å². The van der Waals surface area contributed by atoms with Crippen LogP contribution in [0.5, 0.6) is 0 Å². The number of hydrogen-bond acceptors (Lipinski definition) is 4. The summed E-state index contributed by atoms with van der Waals surface area (Å²) in [5, 5.41) is 11.8. The lowest BCUT2D eigenvalue weighted by atomic mass is 9.95. The Morgan fingerprint density at radius 2 is 2.00 bits per heavy atom. The fourth-order valence-corrected chi connectivity index (χ4v) is 3.46. The molecule has 0 spiro atoms. The highest BCUT2D eigenvalue weighted by atomic mass is 16.3. The number of piperazine rings is 3. The van der Waals surface area contributed by atoms with Crippen molar-refractivity contribution in [3.63, 3.8) is 0 Å². The van der Waals surface area contributed by atoms with Crippen LogP contribution in [0.15, 0.2) is 36.5 Å². The molecule has 3 aliphatic rings. The molecule has 4 heterocycles. The Morgan fingerprint density at radius 3 is 2.75 bits per heavy atom. The van der Waals surface area contributed by atoms with E-state index in [2.05, 4.69) is 26.9 Å². The minimum Gasteiger partial charge on any atom is -0.387 e. The normalized spacial score (nSPS) is 30.6. The highest BCUT2D eigenvalue weighted by molar-refractivity contribution is 5.79. The van der Waals surface area contributed by atoms with E-state index in [0.717, 1.165) is 49.2 Å². The van der Waals surface area contributed by atoms with Gasteiger partial charge in [-0.05, 0) is 23.8 Å². The van der Waals surface area contributed by atoms with E-state index in [9.17, 15) is 5.11 Å². The minimum absolute atomic E-state index is 0.228. The van der Waals surface area contributed by atoms with E-state index >= 15 is 0 Å². The van der Waals surface area contributed by atoms with E-state index in [0.29, 0.717) is 0 Å². The fourth-order valence-electron chi connectivity index (χ4n) is 3.46. The molecule has 3 aliphatic heterocycles. The minimum atomic E-state index is -0.414. The van der Waals surface area contributed by atoms with Crippen molar-refractivity contribution in [2.45, 2.75) is 12.1 Å². The summed E-state index contributed by atoms with van der Waals surface area (Å²) in [5.74, 6) is 0. The van der Waals surface area contributed by atoms with Gasteiger partial charge in [0.1, 0.15) is 0 Å². The van der Waals surface area contributed by atoms with E-state index in [-0.39, 0.29) is 6.04 Å². The molecule has 0 aliphatic carbocycles. The van der Waals surface area contributed by atoms with Crippen molar-refractivity contribution in [1.29, 1.82) is 0 Å². The molecule has 2 atom stereocenters. The van der Waals surface area contributed by atoms with E-state index in [1.54, 1.807) is 6.20 Å². The number of aliphatic hydroxyl groups excluding tert-OH is 1. The average molecular weight is 269 g/mol. The molecule has 1 aromatic carbocycles. The van der Waals surface area contributed by atoms with Crippen LogP contribution in [0.3, 0.4) is 0 Å². The lowest BCUT2D eigenvalue weighted by molar-refractivity contribution is -0.0470. The summed E-state index contributed by atoms with van der Waals surface area (Å²) in [7, 11) is 0. The maximum Gasteiger partial charge on any atom is 0.0957 e. The predicted octanol–water partition coefficient (Wildman–Crippen LogP) is 1.27. The standard InChI is InChI=1S/C16H19N3O/c20-16(15-11-18-6-8-19(15)9-7-18)13-3-4-14-12(10-13)2-1-5-17-14/h1-5,10,15-16,20H,6-9,11H2. The van der Waals surface area contributed by atoms with Gasteiger partial charge >= 0.3 is 0 Å². The summed E-state index contributed by atoms with van der Waals surface area (Å²) < 4.78 is 0. The van der Waals surface area contributed by atoms with E-state index in [1.165, 1.54) is 0 Å². The zero-order valence-corrected chi connectivity index (χ0v) is 11.4. The number of fused-ring (bicyclic) bond motifs is 4. The van der Waals surface area contributed by atoms with Crippen LogP contribution in [-0.4, -0.2) is 58.7 Å². The van der Waals surface area contributed by atoms with Crippen LogP contribution in [0.2, 0.25) is 0 Å². The second-order valence-electron chi connectivity index (χ2n) is 5.80. The van der Waals surface area contributed by atoms with Gasteiger partial charge in [-0.2, -0.15) is 0 Å². The van der Waals surface area contributed by atoms with Crippen molar-refractivity contribution in [3.8, 4) is 0 Å². The van der Waals surface area contributed by atoms with Gasteiger partial charge in [-0.15, -0.1) is 0 Å². The van der Waals surface area contributed by atoms with Gasteiger partial charge in [0.2, 0.25) is 0 Å². The SMILES string of the molecule is OC(c1ccc2ncccc2c1)C1CN2CCN1CC2. The quantitative estimate of drug-likeness (QED) is 0.891. The number of nitrogens with zero attached hydrogens (tertiary/aromatic N) is 3. The number of pyridine rings is 1. The first-order valence-electron chi connectivity index (χ1n) is 7.30. The second kappa shape index (κ2) is 4.81. The van der Waals surface area contributed by atoms with Gasteiger partial charge in [0, 0.05) is 44.3 Å². The highest BCUT2D eigenvalue weighted by Gasteiger charge is 2.36. The maximum atomic E-state index is 10.7. The molecule has 4 nitrogen and oxygen atoms in total. The first kappa shape index (κ1) is 12.3. The van der Waals surface area contributed by atoms with Crippen LogP contribution >= 0.6 is 0 Å². The lowest BCUT2D eigenvalue weighted by Crippen LogP contribution is -2.62. The Bertz CT molecular complexity index is 622. The molecular formula is C16H19N3O. The molecule has 3 saturated heterocycles. The van der Waals surface area contributed by atoms with Crippen LogP contribution in [0, 0.1) is 0 Å². The number of aromatic nitrogens is 1. The molecule has 104 valence electrons. The van der Waals surface area contributed by atoms with Gasteiger partial charge in [-0.3, -0.25) is 14.8 Å². The summed E-state index contributed by atoms with van der Waals surface area (Å²) in [6, 6.07) is 10.3. The molecule has 1 aromatic heterocycles. The third-order valence-corrected chi connectivity index (χ3v) is 4.65. The van der Waals surface area contributed by atoms with Crippen molar-refractivity contribution in [1.82, 2.24) is 14.8 Å². The summed E-state index contributed by atoms with van der Waals surface area (Å²) in [4.78, 5) is 9.22. The zero-order valence-electron chi connectivity index (χ0n) is 11.4. The number of hydrogen-bond donors (Lipinski definition) is 1. The van der Waals surface area contributed by atoms with Gasteiger partial charge in [0.15, 0.2) is 0 Å². The summed E-state index contributed by atoms with van der Waals surface area (Å²) in [6.45, 7) is 5.43. The van der Waals surface area contributed by atoms with Crippen LogP contribution in [0.1, 0.15) is 11.7 Å². The molecule has 0 radical (unpaired) electrons. The topological polar surface area (TPSA) is 39.6 Å². The average Bonchev–Trinajstić information content (AvgIpc) is 2.54. The van der Waals surface area contributed by atoms with Crippen molar-refractivity contribution < 1.29 is 5.11 Å². The summed E-state index contributed by atoms with van der Waals surface area (Å²) in [5.41, 5.74) is 1.99. The van der Waals surface area contributed by atoms with Gasteiger partial charge in [-0.25, -0.2) is 0 Å². The monoisotopic (exact) mass is 269 g/mol. The van der Waals surface area contributed by atoms with Crippen LogP contribution in [0.25, 0.3) is 10.9 Å². The van der Waals surface area contributed by atoms with Crippen LogP contribution in [0.4, 0.5) is 0 Å². The Morgan fingerprint density at radius 1 is 1.15 bits per heavy atom. The Hall–Kier alpha value is -1.49. The predicted molar refractivity (Wildman–Crippen MR) is 78.5 cm³/mol. The molecule has 4 heteroatoms. The zero-order chi connectivity index (χ0) is 13.5. The van der Waals surface area contributed by atoms with E-state index in [1.807, 2.05) is 18.2 Å². The lowest BCUT2D eigenvalue weighted by Gasteiger charge is -2.49. The smallest absolute Gasteiger partial charge is 0.0957 e. The first-order valence-corrected chi connectivity index (χ1v) is 7.30. The van der Waals surface area contributed by atoms with Crippen molar-refractivity contribution in [2.24, 2.45) is 0 Å². The summed E-state index contributed by atoms with van der Waals surface area (Å²) >= 11 is 0. The van der Waals surface area contributed by atoms with Crippen LogP contribution in [-0.2, 0) is 0 Å². The molecule has 1 N–H and O–H groups in total. The molecule has 2 aromatic rings. The van der Waals surface area contributed by atoms with Crippen molar-refractivity contribution in [2.75, 3.05) is 32.7 Å². The highest BCUT2D eigenvalue weighted by Crippen LogP contribution is 2.28. The molecule has 3 fully saturated rings. The van der Waals surface area contributed by atoms with E-state index in [4.69, 9.17) is 0 Å². The molecule has 0 saturated carbocycles. The third-order valence-electron chi connectivity index (χ3n) is 4.65. The molecular weight excluding hydrogens is 250 g/mol. The van der Waals surface area contributed by atoms with Gasteiger partial charge in [0.05, 0.1) is 17.7 Å². The van der Waals surface area contributed by atoms with Gasteiger partial charge in [-0.1, -0.05) is 12.1 Å². The van der Waals surface area contributed by atoms with Gasteiger partial charge in [0.25, 0.3) is 0 Å². The Balaban J connectivity index is 1.64. The molecule has 2 bridgehead atoms. The molecule has 5 rings (SSSR count). The van der Waals surface area contributed by atoms with Crippen molar-refractivity contribution >= 4 is 10.9 Å². The Kier molecular flexibility index (Phi) is 2.95. The number of benzene rings is 1. The second-order valence-corrected chi connectivity index (χ2v) is 5.80. The van der Waals surface area contributed by atoms with Gasteiger partial charge < -0.3 is 5.11 Å². The third kappa shape index (κ3) is 2.00. The first-order chi connectivity index (χ1) is 9.81. The summed E-state index contributed by atoms with van der Waals surface area (Å²) in [6.07, 6.45) is 1.39.